The van der Waals surface area contributed by atoms with E-state index in [2.05, 4.69) is 10.6 Å². The third-order valence-corrected chi connectivity index (χ3v) is 5.89. The molecule has 6 heteroatoms. The lowest BCUT2D eigenvalue weighted by atomic mass is 9.85. The summed E-state index contributed by atoms with van der Waals surface area (Å²) in [5, 5.41) is 16.1. The maximum Gasteiger partial charge on any atom is 0.311 e. The van der Waals surface area contributed by atoms with Gasteiger partial charge in [-0.25, -0.2) is 0 Å². The Kier molecular flexibility index (Phi) is 5.32. The third kappa shape index (κ3) is 3.67. The first-order chi connectivity index (χ1) is 9.52. The van der Waals surface area contributed by atoms with Gasteiger partial charge in [0.15, 0.2) is 0 Å². The fourth-order valence-electron chi connectivity index (χ4n) is 3.05. The van der Waals surface area contributed by atoms with Crippen LogP contribution in [0.25, 0.3) is 0 Å². The van der Waals surface area contributed by atoms with Crippen molar-refractivity contribution < 1.29 is 14.7 Å². The summed E-state index contributed by atoms with van der Waals surface area (Å²) in [6, 6.07) is -0.221. The van der Waals surface area contributed by atoms with Crippen molar-refractivity contribution in [2.45, 2.75) is 50.3 Å². The number of carbonyl (C=O) groups excluding carboxylic acids is 1. The topological polar surface area (TPSA) is 78.4 Å². The molecule has 0 aromatic carbocycles. The number of carbonyl (C=O) groups is 2. The third-order valence-electron chi connectivity index (χ3n) is 4.52. The molecule has 0 aromatic rings. The maximum absolute atomic E-state index is 12.0. The van der Waals surface area contributed by atoms with E-state index in [1.165, 1.54) is 0 Å². The standard InChI is InChI=1S/C14H24N2O3S/c1-14(13(18)19)6-2-3-11(14)16-12(17)9-20-10-4-7-15-8-5-10/h10-11,15H,2-9H2,1H3,(H,16,17)(H,18,19). The predicted octanol–water partition coefficient (Wildman–Crippen LogP) is 1.23. The molecule has 1 heterocycles. The molecular formula is C14H24N2O3S. The molecule has 20 heavy (non-hydrogen) atoms. The Morgan fingerprint density at radius 3 is 2.70 bits per heavy atom. The highest BCUT2D eigenvalue weighted by Gasteiger charge is 2.45. The van der Waals surface area contributed by atoms with Gasteiger partial charge in [0.1, 0.15) is 0 Å². The van der Waals surface area contributed by atoms with Gasteiger partial charge in [0, 0.05) is 11.3 Å². The number of nitrogens with one attached hydrogen (secondary N) is 2. The first kappa shape index (κ1) is 15.6. The van der Waals surface area contributed by atoms with Crippen molar-refractivity contribution >= 4 is 23.6 Å². The van der Waals surface area contributed by atoms with Gasteiger partial charge in [0.25, 0.3) is 0 Å². The van der Waals surface area contributed by atoms with Crippen molar-refractivity contribution in [3.05, 3.63) is 0 Å². The molecule has 2 unspecified atom stereocenters. The summed E-state index contributed by atoms with van der Waals surface area (Å²) >= 11 is 1.70. The Morgan fingerprint density at radius 1 is 1.35 bits per heavy atom. The molecule has 0 bridgehead atoms. The highest BCUT2D eigenvalue weighted by atomic mass is 32.2. The number of carboxylic acid groups (broad SMARTS) is 1. The van der Waals surface area contributed by atoms with Crippen LogP contribution in [0, 0.1) is 5.41 Å². The van der Waals surface area contributed by atoms with E-state index in [0.29, 0.717) is 17.4 Å². The molecule has 2 rings (SSSR count). The van der Waals surface area contributed by atoms with Crippen molar-refractivity contribution in [3.8, 4) is 0 Å². The Labute approximate surface area is 124 Å². The Balaban J connectivity index is 1.77. The normalized spacial score (nSPS) is 31.1. The van der Waals surface area contributed by atoms with Gasteiger partial charge < -0.3 is 15.7 Å². The van der Waals surface area contributed by atoms with Crippen LogP contribution in [0.15, 0.2) is 0 Å². The average molecular weight is 300 g/mol. The van der Waals surface area contributed by atoms with E-state index in [0.717, 1.165) is 38.8 Å². The van der Waals surface area contributed by atoms with Gasteiger partial charge in [-0.2, -0.15) is 0 Å². The van der Waals surface area contributed by atoms with E-state index in [9.17, 15) is 14.7 Å². The van der Waals surface area contributed by atoms with E-state index in [1.54, 1.807) is 18.7 Å². The second-order valence-corrected chi connectivity index (χ2v) is 7.28. The van der Waals surface area contributed by atoms with Crippen molar-refractivity contribution in [2.24, 2.45) is 5.41 Å². The monoisotopic (exact) mass is 300 g/mol. The molecule has 2 aliphatic rings. The molecule has 114 valence electrons. The van der Waals surface area contributed by atoms with Gasteiger partial charge in [-0.15, -0.1) is 11.8 Å². The van der Waals surface area contributed by atoms with Crippen LogP contribution in [-0.2, 0) is 9.59 Å². The summed E-state index contributed by atoms with van der Waals surface area (Å²) in [5.74, 6) is -0.379. The number of rotatable bonds is 5. The molecule has 0 spiro atoms. The van der Waals surface area contributed by atoms with Crippen LogP contribution in [0.2, 0.25) is 0 Å². The van der Waals surface area contributed by atoms with E-state index in [-0.39, 0.29) is 11.9 Å². The second-order valence-electron chi connectivity index (χ2n) is 6.00. The van der Waals surface area contributed by atoms with Crippen LogP contribution < -0.4 is 10.6 Å². The van der Waals surface area contributed by atoms with Gasteiger partial charge >= 0.3 is 5.97 Å². The lowest BCUT2D eigenvalue weighted by molar-refractivity contribution is -0.149. The molecule has 1 saturated heterocycles. The van der Waals surface area contributed by atoms with Crippen LogP contribution in [0.3, 0.4) is 0 Å². The van der Waals surface area contributed by atoms with Gasteiger partial charge in [-0.05, 0) is 45.7 Å². The number of aliphatic carboxylic acids is 1. The molecule has 5 nitrogen and oxygen atoms in total. The first-order valence-electron chi connectivity index (χ1n) is 7.37. The van der Waals surface area contributed by atoms with Crippen molar-refractivity contribution in [1.82, 2.24) is 10.6 Å². The fourth-order valence-corrected chi connectivity index (χ4v) is 4.08. The Morgan fingerprint density at radius 2 is 2.05 bits per heavy atom. The Hall–Kier alpha value is -0.750. The Bertz CT molecular complexity index is 371. The SMILES string of the molecule is CC1(C(=O)O)CCCC1NC(=O)CSC1CCNCC1. The van der Waals surface area contributed by atoms with Crippen molar-refractivity contribution in [1.29, 1.82) is 0 Å². The number of carboxylic acids is 1. The molecule has 0 aromatic heterocycles. The molecule has 1 amide bonds. The molecule has 2 atom stereocenters. The molecule has 2 fully saturated rings. The van der Waals surface area contributed by atoms with Crippen LogP contribution >= 0.6 is 11.8 Å². The van der Waals surface area contributed by atoms with E-state index < -0.39 is 11.4 Å². The van der Waals surface area contributed by atoms with Gasteiger partial charge in [0.05, 0.1) is 11.2 Å². The second kappa shape index (κ2) is 6.80. The number of amides is 1. The summed E-state index contributed by atoms with van der Waals surface area (Å²) in [4.78, 5) is 23.4. The van der Waals surface area contributed by atoms with E-state index >= 15 is 0 Å². The summed E-state index contributed by atoms with van der Waals surface area (Å²) in [7, 11) is 0. The zero-order valence-corrected chi connectivity index (χ0v) is 12.8. The smallest absolute Gasteiger partial charge is 0.311 e. The fraction of sp³-hybridized carbons (Fsp3) is 0.857. The minimum absolute atomic E-state index is 0.0205. The molecule has 1 aliphatic carbocycles. The number of piperidine rings is 1. The largest absolute Gasteiger partial charge is 0.481 e. The zero-order valence-electron chi connectivity index (χ0n) is 12.0. The van der Waals surface area contributed by atoms with E-state index in [1.807, 2.05) is 0 Å². The highest BCUT2D eigenvalue weighted by molar-refractivity contribution is 8.00. The quantitative estimate of drug-likeness (QED) is 0.712. The number of hydrogen-bond donors (Lipinski definition) is 3. The molecular weight excluding hydrogens is 276 g/mol. The summed E-state index contributed by atoms with van der Waals surface area (Å²) in [6.45, 7) is 3.80. The van der Waals surface area contributed by atoms with Crippen LogP contribution in [0.1, 0.15) is 39.0 Å². The van der Waals surface area contributed by atoms with Gasteiger partial charge in [-0.1, -0.05) is 6.42 Å². The zero-order chi connectivity index (χ0) is 14.6. The summed E-state index contributed by atoms with van der Waals surface area (Å²) in [6.07, 6.45) is 4.50. The number of hydrogen-bond acceptors (Lipinski definition) is 4. The minimum atomic E-state index is -0.800. The highest BCUT2D eigenvalue weighted by Crippen LogP contribution is 2.38. The van der Waals surface area contributed by atoms with Gasteiger partial charge in [-0.3, -0.25) is 9.59 Å². The summed E-state index contributed by atoms with van der Waals surface area (Å²) in [5.41, 5.74) is -0.797. The number of thioether (sulfide) groups is 1. The minimum Gasteiger partial charge on any atom is -0.481 e. The maximum atomic E-state index is 12.0. The van der Waals surface area contributed by atoms with Crippen LogP contribution in [-0.4, -0.2) is 47.1 Å². The molecule has 0 radical (unpaired) electrons. The predicted molar refractivity (Wildman–Crippen MR) is 79.9 cm³/mol. The average Bonchev–Trinajstić information content (AvgIpc) is 2.80. The van der Waals surface area contributed by atoms with Gasteiger partial charge in [0.2, 0.25) is 5.91 Å². The van der Waals surface area contributed by atoms with Crippen molar-refractivity contribution in [2.75, 3.05) is 18.8 Å². The lowest BCUT2D eigenvalue weighted by Crippen LogP contribution is -2.47. The molecule has 1 aliphatic heterocycles. The first-order valence-corrected chi connectivity index (χ1v) is 8.42. The molecule has 3 N–H and O–H groups in total. The molecule has 1 saturated carbocycles. The van der Waals surface area contributed by atoms with Crippen LogP contribution in [0.4, 0.5) is 0 Å². The van der Waals surface area contributed by atoms with E-state index in [4.69, 9.17) is 0 Å². The summed E-state index contributed by atoms with van der Waals surface area (Å²) < 4.78 is 0. The van der Waals surface area contributed by atoms with Crippen LogP contribution in [0.5, 0.6) is 0 Å². The van der Waals surface area contributed by atoms with Crippen molar-refractivity contribution in [3.63, 3.8) is 0 Å². The lowest BCUT2D eigenvalue weighted by Gasteiger charge is -2.28.